The van der Waals surface area contributed by atoms with Gasteiger partial charge in [0.1, 0.15) is 4.90 Å². The van der Waals surface area contributed by atoms with Crippen molar-refractivity contribution in [3.63, 3.8) is 0 Å². The van der Waals surface area contributed by atoms with E-state index in [9.17, 15) is 21.6 Å². The van der Waals surface area contributed by atoms with Crippen LogP contribution in [-0.2, 0) is 16.6 Å². The predicted molar refractivity (Wildman–Crippen MR) is 90.6 cm³/mol. The molecular formula is C15H22F3N5O2S. The minimum atomic E-state index is -4.21. The molecule has 7 nitrogen and oxygen atoms in total. The smallest absolute Gasteiger partial charge is 0.309 e. The minimum Gasteiger partial charge on any atom is -0.309 e. The van der Waals surface area contributed by atoms with Gasteiger partial charge in [0.15, 0.2) is 0 Å². The lowest BCUT2D eigenvalue weighted by Gasteiger charge is -2.18. The minimum absolute atomic E-state index is 0.112. The maximum Gasteiger partial charge on any atom is 0.394 e. The average molecular weight is 393 g/mol. The third-order valence-electron chi connectivity index (χ3n) is 4.58. The molecule has 2 aliphatic rings. The molecule has 1 unspecified atom stereocenters. The molecule has 146 valence electrons. The molecule has 1 atom stereocenters. The molecule has 3 rings (SSSR count). The first kappa shape index (κ1) is 19.4. The quantitative estimate of drug-likeness (QED) is 0.621. The maximum atomic E-state index is 12.6. The van der Waals surface area contributed by atoms with Crippen molar-refractivity contribution in [2.45, 2.75) is 24.0 Å². The van der Waals surface area contributed by atoms with Crippen molar-refractivity contribution in [3.8, 4) is 0 Å². The first-order chi connectivity index (χ1) is 12.2. The number of sulfonamides is 1. The molecule has 1 aromatic carbocycles. The van der Waals surface area contributed by atoms with Crippen molar-refractivity contribution in [2.24, 2.45) is 5.92 Å². The summed E-state index contributed by atoms with van der Waals surface area (Å²) in [5.74, 6) is -1.38. The Kier molecular flexibility index (Phi) is 5.45. The van der Waals surface area contributed by atoms with E-state index < -0.39 is 22.1 Å². The van der Waals surface area contributed by atoms with Gasteiger partial charge in [0.05, 0.1) is 11.6 Å². The van der Waals surface area contributed by atoms with Gasteiger partial charge in [0.2, 0.25) is 10.0 Å². The summed E-state index contributed by atoms with van der Waals surface area (Å²) in [6, 6.07) is 5.10. The predicted octanol–water partition coefficient (Wildman–Crippen LogP) is 0.808. The van der Waals surface area contributed by atoms with Crippen molar-refractivity contribution in [3.05, 3.63) is 23.8 Å². The molecule has 0 aromatic heterocycles. The first-order valence-corrected chi connectivity index (χ1v) is 9.81. The molecule has 3 N–H and O–H groups in total. The number of nitrogens with one attached hydrogen (secondary N) is 3. The molecule has 0 radical (unpaired) electrons. The van der Waals surface area contributed by atoms with Crippen LogP contribution in [0.25, 0.3) is 0 Å². The second-order valence-corrected chi connectivity index (χ2v) is 8.19. The lowest BCUT2D eigenvalue weighted by Crippen LogP contribution is -2.35. The lowest BCUT2D eigenvalue weighted by molar-refractivity contribution is -0.167. The van der Waals surface area contributed by atoms with E-state index in [4.69, 9.17) is 0 Å². The molecule has 1 saturated heterocycles. The van der Waals surface area contributed by atoms with E-state index in [1.54, 1.807) is 24.2 Å². The number of hydrogen-bond donors (Lipinski definition) is 3. The van der Waals surface area contributed by atoms with Crippen LogP contribution >= 0.6 is 0 Å². The molecule has 2 aliphatic heterocycles. The van der Waals surface area contributed by atoms with E-state index in [-0.39, 0.29) is 24.5 Å². The van der Waals surface area contributed by atoms with Gasteiger partial charge in [-0.3, -0.25) is 5.43 Å². The summed E-state index contributed by atoms with van der Waals surface area (Å²) in [5.41, 5.74) is 7.27. The van der Waals surface area contributed by atoms with Gasteiger partial charge in [0, 0.05) is 39.8 Å². The Morgan fingerprint density at radius 1 is 1.31 bits per heavy atom. The van der Waals surface area contributed by atoms with Gasteiger partial charge >= 0.3 is 6.18 Å². The Bertz CT molecular complexity index is 756. The van der Waals surface area contributed by atoms with Crippen molar-refractivity contribution >= 4 is 15.7 Å². The number of rotatable bonds is 6. The number of hydrogen-bond acceptors (Lipinski definition) is 6. The second-order valence-electron chi connectivity index (χ2n) is 6.46. The lowest BCUT2D eigenvalue weighted by atomic mass is 10.1. The third-order valence-corrected chi connectivity index (χ3v) is 6.07. The standard InChI is InChI=1S/C15H22F3N5O2S/c1-22-14-11(8-19-22)4-2-5-13(14)26(24,25)21-6-3-7-23-10-12(9-20-23)15(16,17)18/h2,4-5,12,19-21H,3,6-10H2,1H3. The zero-order valence-electron chi connectivity index (χ0n) is 14.3. The fourth-order valence-electron chi connectivity index (χ4n) is 3.17. The van der Waals surface area contributed by atoms with Gasteiger partial charge in [-0.05, 0) is 18.1 Å². The van der Waals surface area contributed by atoms with Gasteiger partial charge in [-0.25, -0.2) is 23.6 Å². The third kappa shape index (κ3) is 4.12. The topological polar surface area (TPSA) is 76.7 Å². The van der Waals surface area contributed by atoms with Crippen LogP contribution in [0, 0.1) is 5.92 Å². The van der Waals surface area contributed by atoms with Gasteiger partial charge in [-0.2, -0.15) is 13.2 Å². The van der Waals surface area contributed by atoms with Gasteiger partial charge in [-0.1, -0.05) is 12.1 Å². The fraction of sp³-hybridized carbons (Fsp3) is 0.600. The maximum absolute atomic E-state index is 12.6. The highest BCUT2D eigenvalue weighted by molar-refractivity contribution is 7.89. The van der Waals surface area contributed by atoms with Gasteiger partial charge in [0.25, 0.3) is 0 Å². The summed E-state index contributed by atoms with van der Waals surface area (Å²) >= 11 is 0. The van der Waals surface area contributed by atoms with Crippen molar-refractivity contribution in [2.75, 3.05) is 38.2 Å². The molecular weight excluding hydrogens is 371 g/mol. The number of para-hydroxylation sites is 1. The number of hydrazine groups is 2. The van der Waals surface area contributed by atoms with Crippen LogP contribution in [0.5, 0.6) is 0 Å². The highest BCUT2D eigenvalue weighted by atomic mass is 32.2. The van der Waals surface area contributed by atoms with Gasteiger partial charge < -0.3 is 5.01 Å². The first-order valence-electron chi connectivity index (χ1n) is 8.32. The van der Waals surface area contributed by atoms with Crippen molar-refractivity contribution in [1.29, 1.82) is 0 Å². The van der Waals surface area contributed by atoms with E-state index in [1.165, 1.54) is 5.01 Å². The highest BCUT2D eigenvalue weighted by Crippen LogP contribution is 2.31. The normalized spacial score (nSPS) is 21.4. The Morgan fingerprint density at radius 2 is 2.08 bits per heavy atom. The van der Waals surface area contributed by atoms with E-state index in [2.05, 4.69) is 15.6 Å². The monoisotopic (exact) mass is 393 g/mol. The number of fused-ring (bicyclic) bond motifs is 1. The molecule has 0 saturated carbocycles. The summed E-state index contributed by atoms with van der Waals surface area (Å²) in [6.07, 6.45) is -3.81. The van der Waals surface area contributed by atoms with E-state index >= 15 is 0 Å². The average Bonchev–Trinajstić information content (AvgIpc) is 3.19. The summed E-state index contributed by atoms with van der Waals surface area (Å²) in [4.78, 5) is 0.193. The molecule has 11 heteroatoms. The van der Waals surface area contributed by atoms with E-state index in [1.807, 2.05) is 6.07 Å². The summed E-state index contributed by atoms with van der Waals surface area (Å²) in [7, 11) is -1.95. The second kappa shape index (κ2) is 7.31. The number of anilines is 1. The van der Waals surface area contributed by atoms with Crippen LogP contribution in [0.3, 0.4) is 0 Å². The zero-order chi connectivity index (χ0) is 18.9. The SMILES string of the molecule is CN1NCc2cccc(S(=O)(=O)NCCCN3CC(C(F)(F)F)CN3)c21. The van der Waals surface area contributed by atoms with Crippen LogP contribution in [-0.4, -0.2) is 52.8 Å². The Labute approximate surface area is 150 Å². The molecule has 0 bridgehead atoms. The number of benzene rings is 1. The van der Waals surface area contributed by atoms with Crippen LogP contribution in [0.1, 0.15) is 12.0 Å². The zero-order valence-corrected chi connectivity index (χ0v) is 15.1. The van der Waals surface area contributed by atoms with Crippen LogP contribution in [0.4, 0.5) is 18.9 Å². The Morgan fingerprint density at radius 3 is 2.77 bits per heavy atom. The molecule has 2 heterocycles. The number of alkyl halides is 3. The van der Waals surface area contributed by atoms with Crippen molar-refractivity contribution < 1.29 is 21.6 Å². The van der Waals surface area contributed by atoms with E-state index in [0.29, 0.717) is 25.2 Å². The number of halogens is 3. The largest absolute Gasteiger partial charge is 0.394 e. The van der Waals surface area contributed by atoms with Crippen LogP contribution in [0.15, 0.2) is 23.1 Å². The summed E-state index contributed by atoms with van der Waals surface area (Å²) in [6.45, 7) is 0.807. The molecule has 0 aliphatic carbocycles. The fourth-order valence-corrected chi connectivity index (χ4v) is 4.52. The summed E-state index contributed by atoms with van der Waals surface area (Å²) in [5, 5.41) is 3.17. The van der Waals surface area contributed by atoms with Crippen molar-refractivity contribution in [1.82, 2.24) is 20.6 Å². The molecule has 0 amide bonds. The number of nitrogens with zero attached hydrogens (tertiary/aromatic N) is 2. The molecule has 1 fully saturated rings. The molecule has 26 heavy (non-hydrogen) atoms. The molecule has 1 aromatic rings. The Hall–Kier alpha value is -1.40. The highest BCUT2D eigenvalue weighted by Gasteiger charge is 2.43. The molecule has 0 spiro atoms. The Balaban J connectivity index is 1.52. The van der Waals surface area contributed by atoms with Crippen LogP contribution < -0.4 is 20.6 Å². The van der Waals surface area contributed by atoms with Gasteiger partial charge in [-0.15, -0.1) is 0 Å². The summed E-state index contributed by atoms with van der Waals surface area (Å²) < 4.78 is 65.6. The van der Waals surface area contributed by atoms with Crippen LogP contribution in [0.2, 0.25) is 0 Å². The van der Waals surface area contributed by atoms with E-state index in [0.717, 1.165) is 5.56 Å².